The summed E-state index contributed by atoms with van der Waals surface area (Å²) in [6.45, 7) is 8.51. The first kappa shape index (κ1) is 21.6. The predicted molar refractivity (Wildman–Crippen MR) is 97.4 cm³/mol. The lowest BCUT2D eigenvalue weighted by Gasteiger charge is -2.36. The molecule has 1 saturated carbocycles. The topological polar surface area (TPSA) is 85.2 Å². The Morgan fingerprint density at radius 2 is 1.88 bits per heavy atom. The number of esters is 1. The SMILES string of the molecule is CCC(CC)COC(=O)[C@H]1C[C@@H]1CC[C@@H](C)OC1O[C@@H](C)C(O)C[C@H]1O. The van der Waals surface area contributed by atoms with Crippen LogP contribution in [0.25, 0.3) is 0 Å². The van der Waals surface area contributed by atoms with Crippen molar-refractivity contribution in [2.75, 3.05) is 6.61 Å². The minimum atomic E-state index is -0.808. The van der Waals surface area contributed by atoms with Crippen molar-refractivity contribution in [2.24, 2.45) is 17.8 Å². The van der Waals surface area contributed by atoms with Gasteiger partial charge in [-0.1, -0.05) is 26.7 Å². The van der Waals surface area contributed by atoms with Gasteiger partial charge in [0.25, 0.3) is 0 Å². The number of hydrogen-bond acceptors (Lipinski definition) is 6. The molecule has 1 saturated heterocycles. The molecule has 2 N–H and O–H groups in total. The van der Waals surface area contributed by atoms with Crippen molar-refractivity contribution in [3.63, 3.8) is 0 Å². The molecular weight excluding hydrogens is 336 g/mol. The van der Waals surface area contributed by atoms with E-state index in [-0.39, 0.29) is 30.5 Å². The maximum absolute atomic E-state index is 12.1. The van der Waals surface area contributed by atoms with Gasteiger partial charge < -0.3 is 24.4 Å². The molecule has 0 aromatic rings. The number of carbonyl (C=O) groups excluding carboxylic acids is 1. The lowest BCUT2D eigenvalue weighted by Crippen LogP contribution is -2.48. The van der Waals surface area contributed by atoms with Crippen molar-refractivity contribution < 1.29 is 29.2 Å². The number of aliphatic hydroxyl groups excluding tert-OH is 2. The van der Waals surface area contributed by atoms with Gasteiger partial charge in [0.1, 0.15) is 6.10 Å². The molecular formula is C20H36O6. The summed E-state index contributed by atoms with van der Waals surface area (Å²) in [6.07, 6.45) is 2.41. The van der Waals surface area contributed by atoms with Gasteiger partial charge in [-0.2, -0.15) is 0 Å². The summed E-state index contributed by atoms with van der Waals surface area (Å²) in [5, 5.41) is 19.7. The van der Waals surface area contributed by atoms with Crippen LogP contribution in [0.5, 0.6) is 0 Å². The summed E-state index contributed by atoms with van der Waals surface area (Å²) < 4.78 is 16.8. The molecule has 0 spiro atoms. The van der Waals surface area contributed by atoms with Crippen LogP contribution in [0.3, 0.4) is 0 Å². The van der Waals surface area contributed by atoms with Crippen LogP contribution < -0.4 is 0 Å². The van der Waals surface area contributed by atoms with E-state index < -0.39 is 18.5 Å². The number of ether oxygens (including phenoxy) is 3. The molecule has 2 unspecified atom stereocenters. The number of carbonyl (C=O) groups is 1. The largest absolute Gasteiger partial charge is 0.465 e. The van der Waals surface area contributed by atoms with Gasteiger partial charge in [0.2, 0.25) is 0 Å². The fourth-order valence-corrected chi connectivity index (χ4v) is 3.50. The lowest BCUT2D eigenvalue weighted by molar-refractivity contribution is -0.273. The second kappa shape index (κ2) is 10.0. The third-order valence-electron chi connectivity index (χ3n) is 5.84. The van der Waals surface area contributed by atoms with Gasteiger partial charge in [-0.3, -0.25) is 4.79 Å². The Morgan fingerprint density at radius 1 is 1.19 bits per heavy atom. The third kappa shape index (κ3) is 6.19. The van der Waals surface area contributed by atoms with Gasteiger partial charge >= 0.3 is 5.97 Å². The van der Waals surface area contributed by atoms with E-state index >= 15 is 0 Å². The minimum absolute atomic E-state index is 0.0447. The van der Waals surface area contributed by atoms with E-state index in [1.54, 1.807) is 6.92 Å². The first-order valence-electron chi connectivity index (χ1n) is 10.2. The van der Waals surface area contributed by atoms with E-state index in [9.17, 15) is 15.0 Å². The van der Waals surface area contributed by atoms with Crippen molar-refractivity contribution >= 4 is 5.97 Å². The van der Waals surface area contributed by atoms with Crippen molar-refractivity contribution in [1.29, 1.82) is 0 Å². The number of hydrogen-bond donors (Lipinski definition) is 2. The fraction of sp³-hybridized carbons (Fsp3) is 0.950. The van der Waals surface area contributed by atoms with Crippen LogP contribution in [-0.4, -0.2) is 53.5 Å². The fourth-order valence-electron chi connectivity index (χ4n) is 3.50. The molecule has 1 aliphatic carbocycles. The Kier molecular flexibility index (Phi) is 8.33. The molecule has 0 bridgehead atoms. The van der Waals surface area contributed by atoms with Crippen LogP contribution >= 0.6 is 0 Å². The van der Waals surface area contributed by atoms with E-state index in [1.165, 1.54) is 0 Å². The van der Waals surface area contributed by atoms with Crippen LogP contribution in [0.2, 0.25) is 0 Å². The zero-order chi connectivity index (χ0) is 19.3. The smallest absolute Gasteiger partial charge is 0.309 e. The maximum atomic E-state index is 12.1. The van der Waals surface area contributed by atoms with Crippen molar-refractivity contribution in [1.82, 2.24) is 0 Å². The Balaban J connectivity index is 1.63. The Labute approximate surface area is 157 Å². The molecule has 0 aromatic heterocycles. The average molecular weight is 373 g/mol. The predicted octanol–water partition coefficient (Wildman–Crippen LogP) is 2.64. The molecule has 0 radical (unpaired) electrons. The minimum Gasteiger partial charge on any atom is -0.465 e. The summed E-state index contributed by atoms with van der Waals surface area (Å²) in [4.78, 5) is 12.1. The first-order valence-corrected chi connectivity index (χ1v) is 10.2. The van der Waals surface area contributed by atoms with Gasteiger partial charge in [0.05, 0.1) is 30.8 Å². The molecule has 1 aliphatic heterocycles. The molecule has 2 aliphatic rings. The first-order chi connectivity index (χ1) is 12.3. The molecule has 2 fully saturated rings. The molecule has 7 atom stereocenters. The maximum Gasteiger partial charge on any atom is 0.309 e. The van der Waals surface area contributed by atoms with Crippen molar-refractivity contribution in [3.8, 4) is 0 Å². The quantitative estimate of drug-likeness (QED) is 0.574. The lowest BCUT2D eigenvalue weighted by atomic mass is 10.0. The monoisotopic (exact) mass is 372 g/mol. The zero-order valence-corrected chi connectivity index (χ0v) is 16.6. The molecule has 6 nitrogen and oxygen atoms in total. The van der Waals surface area contributed by atoms with Crippen LogP contribution in [0.15, 0.2) is 0 Å². The average Bonchev–Trinajstić information content (AvgIpc) is 3.38. The summed E-state index contributed by atoms with van der Waals surface area (Å²) in [5.74, 6) is 0.841. The molecule has 0 amide bonds. The van der Waals surface area contributed by atoms with E-state index in [0.717, 1.165) is 32.1 Å². The van der Waals surface area contributed by atoms with E-state index in [1.807, 2.05) is 6.92 Å². The molecule has 2 rings (SSSR count). The highest BCUT2D eigenvalue weighted by Crippen LogP contribution is 2.43. The molecule has 6 heteroatoms. The highest BCUT2D eigenvalue weighted by atomic mass is 16.7. The van der Waals surface area contributed by atoms with Crippen molar-refractivity contribution in [3.05, 3.63) is 0 Å². The third-order valence-corrected chi connectivity index (χ3v) is 5.84. The second-order valence-electron chi connectivity index (χ2n) is 8.02. The molecule has 26 heavy (non-hydrogen) atoms. The van der Waals surface area contributed by atoms with Gasteiger partial charge in [-0.05, 0) is 44.9 Å². The Hall–Kier alpha value is -0.690. The summed E-state index contributed by atoms with van der Waals surface area (Å²) in [5.41, 5.74) is 0. The summed E-state index contributed by atoms with van der Waals surface area (Å²) in [6, 6.07) is 0. The van der Waals surface area contributed by atoms with E-state index in [2.05, 4.69) is 13.8 Å². The molecule has 0 aromatic carbocycles. The van der Waals surface area contributed by atoms with Crippen LogP contribution in [0.1, 0.15) is 66.2 Å². The van der Waals surface area contributed by atoms with Gasteiger partial charge in [-0.15, -0.1) is 0 Å². The number of rotatable bonds is 10. The van der Waals surface area contributed by atoms with Crippen LogP contribution in [-0.2, 0) is 19.0 Å². The number of aliphatic hydroxyl groups is 2. The standard InChI is InChI=1S/C20H36O6/c1-5-14(6-2)11-24-19(23)16-9-15(16)8-7-12(3)25-20-18(22)10-17(21)13(4)26-20/h12-18,20-22H,5-11H2,1-4H3/t12-,13+,15+,16+,17?,18-,20?/m1/s1. The van der Waals surface area contributed by atoms with Crippen LogP contribution in [0, 0.1) is 17.8 Å². The van der Waals surface area contributed by atoms with Gasteiger partial charge in [-0.25, -0.2) is 0 Å². The van der Waals surface area contributed by atoms with Crippen LogP contribution in [0.4, 0.5) is 0 Å². The summed E-state index contributed by atoms with van der Waals surface area (Å²) in [7, 11) is 0. The van der Waals surface area contributed by atoms with Crippen molar-refractivity contribution in [2.45, 2.75) is 96.9 Å². The second-order valence-corrected chi connectivity index (χ2v) is 8.02. The molecule has 1 heterocycles. The molecule has 152 valence electrons. The summed E-state index contributed by atoms with van der Waals surface area (Å²) >= 11 is 0. The van der Waals surface area contributed by atoms with Gasteiger partial charge in [0.15, 0.2) is 6.29 Å². The zero-order valence-electron chi connectivity index (χ0n) is 16.6. The Morgan fingerprint density at radius 3 is 2.54 bits per heavy atom. The highest BCUT2D eigenvalue weighted by molar-refractivity contribution is 5.75. The highest BCUT2D eigenvalue weighted by Gasteiger charge is 2.44. The normalized spacial score (nSPS) is 35.3. The van der Waals surface area contributed by atoms with Gasteiger partial charge in [0, 0.05) is 6.42 Å². The Bertz CT molecular complexity index is 438. The van der Waals surface area contributed by atoms with E-state index in [0.29, 0.717) is 18.4 Å². The van der Waals surface area contributed by atoms with E-state index in [4.69, 9.17) is 14.2 Å².